The second-order valence-corrected chi connectivity index (χ2v) is 18.0. The van der Waals surface area contributed by atoms with Gasteiger partial charge in [-0.2, -0.15) is 54.1 Å². The molecule has 0 aliphatic carbocycles. The highest BCUT2D eigenvalue weighted by Crippen LogP contribution is 2.36. The molecule has 0 fully saturated rings. The monoisotopic (exact) mass is 868 g/mol. The van der Waals surface area contributed by atoms with Crippen molar-refractivity contribution in [1.82, 2.24) is 0 Å². The minimum Gasteiger partial charge on any atom is -0.307 e. The summed E-state index contributed by atoms with van der Waals surface area (Å²) in [5.41, 5.74) is 1.97. The van der Waals surface area contributed by atoms with E-state index in [9.17, 15) is 56.7 Å². The molecular formula is C35H28N6O13S4. The Morgan fingerprint density at radius 3 is 1.10 bits per heavy atom. The smallest absolute Gasteiger partial charge is 0.307 e. The molecule has 58 heavy (non-hydrogen) atoms. The van der Waals surface area contributed by atoms with Gasteiger partial charge in [0.25, 0.3) is 40.5 Å². The van der Waals surface area contributed by atoms with E-state index in [-0.39, 0.29) is 44.3 Å². The van der Waals surface area contributed by atoms with Crippen LogP contribution >= 0.6 is 0 Å². The number of nitrogens with zero attached hydrogens (tertiary/aromatic N) is 4. The lowest BCUT2D eigenvalue weighted by Gasteiger charge is -2.12. The van der Waals surface area contributed by atoms with Gasteiger partial charge in [0.05, 0.1) is 22.7 Å². The standard InChI is InChI=1S/C35H28N6O13S4/c1-19-13-21(38-40-23-15-27-25(33(17-23)57(49,50)51)5-3-7-31(27)55(43,44)45)9-11-29(19)36-35(42)37-30-12-10-22(14-20(30)2)39-41-24-16-28-26(34(18-24)58(52,53)54)6-4-8-32(28)56(46,47)48/h3-18H,1-2H3,(H2,36,37,42)(H,43,44,45)(H,46,47,48)(H,49,50,51)(H,52,53,54). The van der Waals surface area contributed by atoms with E-state index >= 15 is 0 Å². The van der Waals surface area contributed by atoms with Gasteiger partial charge in [0.1, 0.15) is 19.6 Å². The summed E-state index contributed by atoms with van der Waals surface area (Å²) in [7, 11) is -19.3. The van der Waals surface area contributed by atoms with Crippen LogP contribution in [0.25, 0.3) is 21.5 Å². The second-order valence-electron chi connectivity index (χ2n) is 12.5. The molecule has 0 saturated heterocycles. The fraction of sp³-hybridized carbons (Fsp3) is 0.0571. The molecule has 0 unspecified atom stereocenters. The van der Waals surface area contributed by atoms with Crippen LogP contribution in [0.2, 0.25) is 0 Å². The summed E-state index contributed by atoms with van der Waals surface area (Å²) in [6, 6.07) is 19.7. The minimum absolute atomic E-state index is 0.160. The number of hydrogen-bond acceptors (Lipinski definition) is 13. The number of aryl methyl sites for hydroxylation is 2. The van der Waals surface area contributed by atoms with E-state index in [0.29, 0.717) is 22.5 Å². The van der Waals surface area contributed by atoms with Gasteiger partial charge in [-0.25, -0.2) is 4.79 Å². The molecule has 19 nitrogen and oxygen atoms in total. The maximum absolute atomic E-state index is 12.9. The Bertz CT molecular complexity index is 3010. The SMILES string of the molecule is Cc1cc(N=Nc2cc(S(=O)(=O)O)c3cccc(S(=O)(=O)O)c3c2)ccc1NC(=O)Nc1ccc(N=Nc2cc(S(=O)(=O)O)c3cccc(S(=O)(=O)O)c3c2)cc1C. The predicted molar refractivity (Wildman–Crippen MR) is 211 cm³/mol. The molecule has 6 N–H and O–H groups in total. The lowest BCUT2D eigenvalue weighted by Crippen LogP contribution is -2.20. The number of anilines is 2. The van der Waals surface area contributed by atoms with Gasteiger partial charge in [-0.1, -0.05) is 24.3 Å². The number of rotatable bonds is 10. The van der Waals surface area contributed by atoms with Crippen molar-refractivity contribution in [3.8, 4) is 0 Å². The van der Waals surface area contributed by atoms with Crippen molar-refractivity contribution < 1.29 is 56.7 Å². The average Bonchev–Trinajstić information content (AvgIpc) is 3.12. The summed E-state index contributed by atoms with van der Waals surface area (Å²) >= 11 is 0. The summed E-state index contributed by atoms with van der Waals surface area (Å²) in [6.45, 7) is 3.31. The molecule has 0 aliphatic rings. The van der Waals surface area contributed by atoms with Crippen LogP contribution in [0, 0.1) is 13.8 Å². The Balaban J connectivity index is 1.18. The van der Waals surface area contributed by atoms with Crippen LogP contribution in [-0.2, 0) is 40.5 Å². The Morgan fingerprint density at radius 2 is 0.776 bits per heavy atom. The molecular weight excluding hydrogens is 841 g/mol. The largest absolute Gasteiger partial charge is 0.323 e. The summed E-state index contributed by atoms with van der Waals surface area (Å²) in [5.74, 6) is 0. The first-order valence-electron chi connectivity index (χ1n) is 16.2. The number of azo groups is 2. The van der Waals surface area contributed by atoms with Crippen molar-refractivity contribution in [2.75, 3.05) is 10.6 Å². The van der Waals surface area contributed by atoms with E-state index in [2.05, 4.69) is 31.1 Å². The third-order valence-corrected chi connectivity index (χ3v) is 12.0. The van der Waals surface area contributed by atoms with Crippen LogP contribution < -0.4 is 10.6 Å². The molecule has 6 rings (SSSR count). The molecule has 300 valence electrons. The third-order valence-electron chi connectivity index (χ3n) is 8.40. The second kappa shape index (κ2) is 15.4. The van der Waals surface area contributed by atoms with Gasteiger partial charge in [0.2, 0.25) is 0 Å². The number of carbonyl (C=O) groups is 1. The first kappa shape index (κ1) is 41.6. The van der Waals surface area contributed by atoms with Crippen molar-refractivity contribution in [2.24, 2.45) is 20.5 Å². The lowest BCUT2D eigenvalue weighted by atomic mass is 10.1. The molecule has 23 heteroatoms. The van der Waals surface area contributed by atoms with Crippen LogP contribution in [0.5, 0.6) is 0 Å². The summed E-state index contributed by atoms with van der Waals surface area (Å²) in [6.07, 6.45) is 0. The van der Waals surface area contributed by atoms with Gasteiger partial charge in [-0.05, 0) is 97.8 Å². The predicted octanol–water partition coefficient (Wildman–Crippen LogP) is 8.07. The third kappa shape index (κ3) is 9.22. The molecule has 0 atom stereocenters. The number of fused-ring (bicyclic) bond motifs is 2. The average molecular weight is 869 g/mol. The van der Waals surface area contributed by atoms with Crippen LogP contribution in [0.1, 0.15) is 11.1 Å². The minimum atomic E-state index is -4.86. The summed E-state index contributed by atoms with van der Waals surface area (Å²) in [5, 5.41) is 20.7. The maximum atomic E-state index is 12.9. The zero-order valence-corrected chi connectivity index (χ0v) is 32.9. The van der Waals surface area contributed by atoms with E-state index < -0.39 is 66.1 Å². The molecule has 0 bridgehead atoms. The Hall–Kier alpha value is -6.05. The fourth-order valence-corrected chi connectivity index (χ4v) is 8.66. The van der Waals surface area contributed by atoms with E-state index in [1.54, 1.807) is 13.8 Å². The van der Waals surface area contributed by atoms with Crippen molar-refractivity contribution in [2.45, 2.75) is 33.4 Å². The van der Waals surface area contributed by atoms with Crippen LogP contribution in [0.3, 0.4) is 0 Å². The zero-order chi connectivity index (χ0) is 42.4. The van der Waals surface area contributed by atoms with E-state index in [1.807, 2.05) is 0 Å². The van der Waals surface area contributed by atoms with Gasteiger partial charge < -0.3 is 10.6 Å². The molecule has 0 saturated carbocycles. The molecule has 0 aliphatic heterocycles. The molecule has 2 amide bonds. The van der Waals surface area contributed by atoms with Crippen LogP contribution in [0.15, 0.2) is 137 Å². The first-order chi connectivity index (χ1) is 27.0. The number of benzene rings is 6. The molecule has 0 heterocycles. The maximum Gasteiger partial charge on any atom is 0.323 e. The first-order valence-corrected chi connectivity index (χ1v) is 21.9. The highest BCUT2D eigenvalue weighted by Gasteiger charge is 2.23. The van der Waals surface area contributed by atoms with E-state index in [4.69, 9.17) is 0 Å². The summed E-state index contributed by atoms with van der Waals surface area (Å²) in [4.78, 5) is 10.4. The number of urea groups is 1. The Morgan fingerprint density at radius 1 is 0.431 bits per heavy atom. The van der Waals surface area contributed by atoms with Gasteiger partial charge in [0, 0.05) is 32.9 Å². The molecule has 0 aromatic heterocycles. The number of carbonyl (C=O) groups excluding carboxylic acids is 1. The van der Waals surface area contributed by atoms with Crippen LogP contribution in [0.4, 0.5) is 38.9 Å². The normalized spacial score (nSPS) is 12.8. The number of nitrogens with one attached hydrogen (secondary N) is 2. The van der Waals surface area contributed by atoms with Crippen LogP contribution in [-0.4, -0.2) is 57.9 Å². The number of amides is 2. The molecule has 6 aromatic carbocycles. The quantitative estimate of drug-likeness (QED) is 0.0561. The Kier molecular flexibility index (Phi) is 11.0. The topological polar surface area (TPSA) is 308 Å². The number of hydrogen-bond donors (Lipinski definition) is 6. The lowest BCUT2D eigenvalue weighted by molar-refractivity contribution is 0.262. The van der Waals surface area contributed by atoms with E-state index in [0.717, 1.165) is 24.3 Å². The van der Waals surface area contributed by atoms with Crippen molar-refractivity contribution in [1.29, 1.82) is 0 Å². The molecule has 0 radical (unpaired) electrons. The van der Waals surface area contributed by atoms with Crippen molar-refractivity contribution >= 4 is 102 Å². The molecule has 0 spiro atoms. The van der Waals surface area contributed by atoms with Gasteiger partial charge in [-0.15, -0.1) is 0 Å². The zero-order valence-electron chi connectivity index (χ0n) is 29.6. The van der Waals surface area contributed by atoms with Gasteiger partial charge >= 0.3 is 6.03 Å². The van der Waals surface area contributed by atoms with Gasteiger partial charge in [0.15, 0.2) is 0 Å². The highest BCUT2D eigenvalue weighted by molar-refractivity contribution is 7.87. The summed E-state index contributed by atoms with van der Waals surface area (Å²) < 4.78 is 135. The Labute approximate surface area is 330 Å². The fourth-order valence-electron chi connectivity index (χ4n) is 5.82. The molecule has 6 aromatic rings. The van der Waals surface area contributed by atoms with Gasteiger partial charge in [-0.3, -0.25) is 18.2 Å². The van der Waals surface area contributed by atoms with Crippen molar-refractivity contribution in [3.63, 3.8) is 0 Å². The van der Waals surface area contributed by atoms with Crippen molar-refractivity contribution in [3.05, 3.63) is 108 Å². The highest BCUT2D eigenvalue weighted by atomic mass is 32.2. The van der Waals surface area contributed by atoms with E-state index in [1.165, 1.54) is 72.8 Å².